The van der Waals surface area contributed by atoms with Crippen molar-refractivity contribution >= 4 is 44.6 Å². The molecule has 3 heterocycles. The summed E-state index contributed by atoms with van der Waals surface area (Å²) in [6.45, 7) is 0.202. The molecule has 2 N–H and O–H groups in total. The summed E-state index contributed by atoms with van der Waals surface area (Å²) in [4.78, 5) is 22.9. The zero-order chi connectivity index (χ0) is 27.4. The van der Waals surface area contributed by atoms with Crippen LogP contribution >= 0.6 is 11.6 Å². The van der Waals surface area contributed by atoms with Gasteiger partial charge in [0.05, 0.1) is 23.8 Å². The van der Waals surface area contributed by atoms with Crippen LogP contribution in [0.4, 0.5) is 10.6 Å². The van der Waals surface area contributed by atoms with Gasteiger partial charge in [-0.1, -0.05) is 60.7 Å². The monoisotopic (exact) mass is 569 g/mol. The minimum Gasteiger partial charge on any atom is -0.445 e. The van der Waals surface area contributed by atoms with Crippen molar-refractivity contribution in [1.82, 2.24) is 18.8 Å². The largest absolute Gasteiger partial charge is 0.445 e. The molecule has 0 bridgehead atoms. The lowest BCUT2D eigenvalue weighted by atomic mass is 9.99. The van der Waals surface area contributed by atoms with E-state index in [4.69, 9.17) is 16.3 Å². The van der Waals surface area contributed by atoms with Crippen molar-refractivity contribution in [3.63, 3.8) is 0 Å². The van der Waals surface area contributed by atoms with Crippen LogP contribution in [0.5, 0.6) is 0 Å². The minimum absolute atomic E-state index is 0.108. The molecule has 204 valence electrons. The van der Waals surface area contributed by atoms with Crippen LogP contribution in [0.15, 0.2) is 72.9 Å². The highest BCUT2D eigenvalue weighted by molar-refractivity contribution is 7.89. The highest BCUT2D eigenvalue weighted by atomic mass is 35.5. The number of carbonyl (C=O) groups excluding carboxylic acids is 1. The minimum atomic E-state index is -3.78. The molecular weight excluding hydrogens is 542 g/mol. The second kappa shape index (κ2) is 11.6. The number of piperidine rings is 1. The standard InChI is InChI=1S/C27H28ClN5O5S/c28-26-30-24(23-13-14-33(25(23)31-26)39(36,37)18-20-9-5-2-6-10-20)29-21-11-12-22(16-34)32(15-21)27(35)38-17-19-7-3-1-4-8-19/h1-10,13-14,21-22,34H,11-12,15-18H2,(H,29,30,31)/t21-,22-/m1/s1. The average Bonchev–Trinajstić information content (AvgIpc) is 3.38. The fraction of sp³-hybridized carbons (Fsp3) is 0.296. The summed E-state index contributed by atoms with van der Waals surface area (Å²) in [7, 11) is -3.78. The first-order valence-corrected chi connectivity index (χ1v) is 14.5. The summed E-state index contributed by atoms with van der Waals surface area (Å²) in [6.07, 6.45) is 2.11. The van der Waals surface area contributed by atoms with Crippen molar-refractivity contribution < 1.29 is 23.1 Å². The predicted octanol–water partition coefficient (Wildman–Crippen LogP) is 4.04. The Morgan fingerprint density at radius 2 is 1.72 bits per heavy atom. The number of carbonyl (C=O) groups is 1. The van der Waals surface area contributed by atoms with Crippen molar-refractivity contribution in [2.45, 2.75) is 37.3 Å². The first-order chi connectivity index (χ1) is 18.8. The Balaban J connectivity index is 1.34. The number of anilines is 1. The van der Waals surface area contributed by atoms with Gasteiger partial charge in [-0.3, -0.25) is 0 Å². The molecule has 0 radical (unpaired) electrons. The van der Waals surface area contributed by atoms with Gasteiger partial charge in [0.25, 0.3) is 0 Å². The van der Waals surface area contributed by atoms with Crippen molar-refractivity contribution in [2.24, 2.45) is 0 Å². The third kappa shape index (κ3) is 6.16. The van der Waals surface area contributed by atoms with E-state index in [0.717, 1.165) is 9.54 Å². The van der Waals surface area contributed by atoms with Crippen LogP contribution in [0, 0.1) is 0 Å². The van der Waals surface area contributed by atoms with Gasteiger partial charge in [0.15, 0.2) is 5.65 Å². The van der Waals surface area contributed by atoms with E-state index in [2.05, 4.69) is 15.3 Å². The number of amides is 1. The van der Waals surface area contributed by atoms with Gasteiger partial charge in [-0.2, -0.15) is 4.98 Å². The van der Waals surface area contributed by atoms with Gasteiger partial charge in [-0.05, 0) is 41.6 Å². The lowest BCUT2D eigenvalue weighted by molar-refractivity contribution is 0.0471. The van der Waals surface area contributed by atoms with Gasteiger partial charge in [0.1, 0.15) is 12.4 Å². The van der Waals surface area contributed by atoms with E-state index in [1.807, 2.05) is 36.4 Å². The molecule has 1 saturated heterocycles. The Morgan fingerprint density at radius 1 is 1.03 bits per heavy atom. The number of rotatable bonds is 8. The Kier molecular flexibility index (Phi) is 8.01. The number of aliphatic hydroxyl groups is 1. The van der Waals surface area contributed by atoms with Gasteiger partial charge in [0, 0.05) is 18.8 Å². The molecule has 2 aromatic carbocycles. The lowest BCUT2D eigenvalue weighted by Crippen LogP contribution is -2.52. The molecular formula is C27H28ClN5O5S. The number of aliphatic hydroxyl groups excluding tert-OH is 1. The van der Waals surface area contributed by atoms with Gasteiger partial charge in [-0.25, -0.2) is 22.2 Å². The van der Waals surface area contributed by atoms with E-state index in [-0.39, 0.29) is 48.5 Å². The zero-order valence-corrected chi connectivity index (χ0v) is 22.6. The Hall–Kier alpha value is -3.67. The summed E-state index contributed by atoms with van der Waals surface area (Å²) in [5.41, 5.74) is 1.68. The van der Waals surface area contributed by atoms with E-state index >= 15 is 0 Å². The molecule has 39 heavy (non-hydrogen) atoms. The number of hydrogen-bond donors (Lipinski definition) is 2. The molecule has 2 atom stereocenters. The molecule has 1 amide bonds. The molecule has 4 aromatic rings. The van der Waals surface area contributed by atoms with Crippen molar-refractivity contribution in [3.05, 3.63) is 89.3 Å². The summed E-state index contributed by atoms with van der Waals surface area (Å²) < 4.78 is 33.0. The smallest absolute Gasteiger partial charge is 0.410 e. The number of fused-ring (bicyclic) bond motifs is 1. The average molecular weight is 570 g/mol. The summed E-state index contributed by atoms with van der Waals surface area (Å²) >= 11 is 6.22. The molecule has 1 aliphatic heterocycles. The fourth-order valence-corrected chi connectivity index (χ4v) is 6.27. The Labute approximate surface area is 231 Å². The number of aromatic nitrogens is 3. The number of ether oxygens (including phenoxy) is 1. The molecule has 5 rings (SSSR count). The molecule has 0 aliphatic carbocycles. The quantitative estimate of drug-likeness (QED) is 0.304. The van der Waals surface area contributed by atoms with Crippen molar-refractivity contribution in [1.29, 1.82) is 0 Å². The number of benzene rings is 2. The van der Waals surface area contributed by atoms with Gasteiger partial charge in [-0.15, -0.1) is 0 Å². The van der Waals surface area contributed by atoms with Crippen molar-refractivity contribution in [2.75, 3.05) is 18.5 Å². The molecule has 10 nitrogen and oxygen atoms in total. The van der Waals surface area contributed by atoms with E-state index in [0.29, 0.717) is 29.6 Å². The van der Waals surface area contributed by atoms with E-state index in [1.165, 1.54) is 11.1 Å². The van der Waals surface area contributed by atoms with Crippen LogP contribution in [-0.4, -0.2) is 63.7 Å². The number of nitrogens with zero attached hydrogens (tertiary/aromatic N) is 4. The van der Waals surface area contributed by atoms with Crippen LogP contribution in [0.2, 0.25) is 5.28 Å². The summed E-state index contributed by atoms with van der Waals surface area (Å²) in [5, 5.41) is 13.6. The first-order valence-electron chi connectivity index (χ1n) is 12.5. The predicted molar refractivity (Wildman–Crippen MR) is 148 cm³/mol. The maximum Gasteiger partial charge on any atom is 0.410 e. The molecule has 1 aliphatic rings. The van der Waals surface area contributed by atoms with Gasteiger partial charge in [0.2, 0.25) is 15.3 Å². The van der Waals surface area contributed by atoms with Crippen LogP contribution < -0.4 is 5.32 Å². The van der Waals surface area contributed by atoms with Crippen LogP contribution in [0.3, 0.4) is 0 Å². The second-order valence-electron chi connectivity index (χ2n) is 9.38. The Bertz CT molecular complexity index is 1550. The van der Waals surface area contributed by atoms with E-state index < -0.39 is 16.1 Å². The SMILES string of the molecule is O=C(OCc1ccccc1)N1C[C@H](Nc2nc(Cl)nc3c2ccn3S(=O)(=O)Cc2ccccc2)CC[C@@H]1CO. The third-order valence-electron chi connectivity index (χ3n) is 6.67. The second-order valence-corrected chi connectivity index (χ2v) is 11.6. The topological polar surface area (TPSA) is 127 Å². The maximum absolute atomic E-state index is 13.2. The van der Waals surface area contributed by atoms with Crippen LogP contribution in [0.1, 0.15) is 24.0 Å². The fourth-order valence-electron chi connectivity index (χ4n) is 4.71. The van der Waals surface area contributed by atoms with Crippen molar-refractivity contribution in [3.8, 4) is 0 Å². The summed E-state index contributed by atoms with van der Waals surface area (Å²) in [6, 6.07) is 19.3. The molecule has 0 saturated carbocycles. The van der Waals surface area contributed by atoms with Gasteiger partial charge < -0.3 is 20.1 Å². The highest BCUT2D eigenvalue weighted by Crippen LogP contribution is 2.28. The number of hydrogen-bond acceptors (Lipinski definition) is 8. The highest BCUT2D eigenvalue weighted by Gasteiger charge is 2.33. The number of nitrogens with one attached hydrogen (secondary N) is 1. The molecule has 12 heteroatoms. The lowest BCUT2D eigenvalue weighted by Gasteiger charge is -2.38. The van der Waals surface area contributed by atoms with Crippen LogP contribution in [0.25, 0.3) is 11.0 Å². The molecule has 0 unspecified atom stereocenters. The van der Waals surface area contributed by atoms with Crippen LogP contribution in [-0.2, 0) is 27.1 Å². The van der Waals surface area contributed by atoms with E-state index in [1.54, 1.807) is 30.3 Å². The van der Waals surface area contributed by atoms with E-state index in [9.17, 15) is 18.3 Å². The Morgan fingerprint density at radius 3 is 2.41 bits per heavy atom. The summed E-state index contributed by atoms with van der Waals surface area (Å²) in [5.74, 6) is 0.163. The molecule has 2 aromatic heterocycles. The normalized spacial score (nSPS) is 17.7. The maximum atomic E-state index is 13.2. The zero-order valence-electron chi connectivity index (χ0n) is 21.0. The molecule has 0 spiro atoms. The van der Waals surface area contributed by atoms with Gasteiger partial charge >= 0.3 is 6.09 Å². The first kappa shape index (κ1) is 26.9. The third-order valence-corrected chi connectivity index (χ3v) is 8.43. The number of halogens is 1. The molecule has 1 fully saturated rings. The number of likely N-dealkylation sites (tertiary alicyclic amines) is 1.